The molecular weight excluding hydrogens is 303 g/mol. The van der Waals surface area contributed by atoms with Gasteiger partial charge in [0.1, 0.15) is 0 Å². The van der Waals surface area contributed by atoms with Crippen molar-refractivity contribution in [1.29, 1.82) is 0 Å². The predicted molar refractivity (Wildman–Crippen MR) is 64.0 cm³/mol. The third-order valence-electron chi connectivity index (χ3n) is 1.77. The molecule has 1 aromatic rings. The van der Waals surface area contributed by atoms with E-state index in [0.29, 0.717) is 15.6 Å². The molecule has 0 saturated carbocycles. The molecule has 0 aliphatic carbocycles. The summed E-state index contributed by atoms with van der Waals surface area (Å²) in [6.07, 6.45) is 0.244. The average molecular weight is 310 g/mol. The van der Waals surface area contributed by atoms with Crippen LogP contribution in [0, 0.1) is 0 Å². The minimum absolute atomic E-state index is 0.106. The second-order valence-electron chi connectivity index (χ2n) is 2.86. The molecule has 0 heterocycles. The van der Waals surface area contributed by atoms with Crippen LogP contribution in [0.15, 0.2) is 22.7 Å². The van der Waals surface area contributed by atoms with Crippen molar-refractivity contribution in [1.82, 2.24) is 0 Å². The highest BCUT2D eigenvalue weighted by atomic mass is 79.9. The molecule has 0 aromatic heterocycles. The third kappa shape index (κ3) is 3.59. The fourth-order valence-corrected chi connectivity index (χ4v) is 1.87. The fourth-order valence-electron chi connectivity index (χ4n) is 1.09. The molecule has 5 heteroatoms. The highest BCUT2D eigenvalue weighted by molar-refractivity contribution is 9.10. The van der Waals surface area contributed by atoms with Crippen LogP contribution < -0.4 is 0 Å². The normalized spacial score (nSPS) is 10.1. The fraction of sp³-hybridized carbons (Fsp3) is 0.200. The van der Waals surface area contributed by atoms with Gasteiger partial charge in [-0.15, -0.1) is 11.6 Å². The average Bonchev–Trinajstić information content (AvgIpc) is 2.17. The first-order valence-electron chi connectivity index (χ1n) is 4.14. The number of halogens is 3. The summed E-state index contributed by atoms with van der Waals surface area (Å²) in [6, 6.07) is 4.67. The van der Waals surface area contributed by atoms with E-state index in [9.17, 15) is 9.59 Å². The molecule has 0 atom stereocenters. The van der Waals surface area contributed by atoms with Crippen molar-refractivity contribution in [3.8, 4) is 0 Å². The lowest BCUT2D eigenvalue weighted by molar-refractivity contribution is 0.0989. The Kier molecular flexibility index (Phi) is 4.77. The van der Waals surface area contributed by atoms with E-state index in [1.54, 1.807) is 12.1 Å². The van der Waals surface area contributed by atoms with Crippen molar-refractivity contribution in [3.05, 3.63) is 33.8 Å². The van der Waals surface area contributed by atoms with Gasteiger partial charge in [0.25, 0.3) is 5.24 Å². The van der Waals surface area contributed by atoms with E-state index in [0.717, 1.165) is 0 Å². The van der Waals surface area contributed by atoms with Crippen LogP contribution in [0.4, 0.5) is 0 Å². The molecule has 0 saturated heterocycles. The molecule has 0 spiro atoms. The quantitative estimate of drug-likeness (QED) is 0.483. The largest absolute Gasteiger partial charge is 0.294 e. The van der Waals surface area contributed by atoms with Gasteiger partial charge in [0.2, 0.25) is 0 Å². The summed E-state index contributed by atoms with van der Waals surface area (Å²) in [5, 5.41) is -0.587. The van der Waals surface area contributed by atoms with Gasteiger partial charge in [-0.1, -0.05) is 15.9 Å². The van der Waals surface area contributed by atoms with Crippen molar-refractivity contribution in [2.24, 2.45) is 0 Å². The van der Waals surface area contributed by atoms with Crippen LogP contribution in [0.5, 0.6) is 0 Å². The maximum absolute atomic E-state index is 11.5. The van der Waals surface area contributed by atoms with Gasteiger partial charge in [-0.25, -0.2) is 0 Å². The molecule has 0 unspecified atom stereocenters. The molecule has 0 radical (unpaired) electrons. The van der Waals surface area contributed by atoms with Gasteiger partial charge < -0.3 is 0 Å². The van der Waals surface area contributed by atoms with E-state index >= 15 is 0 Å². The molecule has 0 amide bonds. The standard InChI is InChI=1S/C10H7BrCl2O2/c11-8-4-6(9(14)1-2-12)3-7(5-8)10(13)15/h3-5H,1-2H2. The number of alkyl halides is 1. The van der Waals surface area contributed by atoms with Gasteiger partial charge in [0.15, 0.2) is 5.78 Å². The Balaban J connectivity index is 3.09. The maximum Gasteiger partial charge on any atom is 0.252 e. The lowest BCUT2D eigenvalue weighted by Crippen LogP contribution is -2.02. The molecule has 80 valence electrons. The molecular formula is C10H7BrCl2O2. The first-order chi connectivity index (χ1) is 7.04. The highest BCUT2D eigenvalue weighted by Gasteiger charge is 2.10. The molecule has 15 heavy (non-hydrogen) atoms. The van der Waals surface area contributed by atoms with Crippen molar-refractivity contribution in [2.45, 2.75) is 6.42 Å². The zero-order chi connectivity index (χ0) is 11.4. The van der Waals surface area contributed by atoms with E-state index < -0.39 is 5.24 Å². The summed E-state index contributed by atoms with van der Waals surface area (Å²) in [5.41, 5.74) is 0.734. The van der Waals surface area contributed by atoms with Gasteiger partial charge >= 0.3 is 0 Å². The number of benzene rings is 1. The minimum Gasteiger partial charge on any atom is -0.294 e. The number of carbonyl (C=O) groups excluding carboxylic acids is 2. The van der Waals surface area contributed by atoms with Crippen LogP contribution in [-0.4, -0.2) is 16.9 Å². The van der Waals surface area contributed by atoms with Gasteiger partial charge in [-0.2, -0.15) is 0 Å². The second-order valence-corrected chi connectivity index (χ2v) is 4.50. The molecule has 2 nitrogen and oxygen atoms in total. The number of Topliss-reactive ketones (excluding diaryl/α,β-unsaturated/α-hetero) is 1. The Morgan fingerprint density at radius 1 is 1.20 bits per heavy atom. The maximum atomic E-state index is 11.5. The second kappa shape index (κ2) is 5.64. The number of rotatable bonds is 4. The monoisotopic (exact) mass is 308 g/mol. The van der Waals surface area contributed by atoms with E-state index in [2.05, 4.69) is 15.9 Å². The lowest BCUT2D eigenvalue weighted by atomic mass is 10.1. The molecule has 1 aromatic carbocycles. The summed E-state index contributed by atoms with van der Waals surface area (Å²) < 4.78 is 0.645. The first kappa shape index (κ1) is 12.7. The van der Waals surface area contributed by atoms with Crippen LogP contribution in [0.2, 0.25) is 0 Å². The summed E-state index contributed by atoms with van der Waals surface area (Å²) in [7, 11) is 0. The lowest BCUT2D eigenvalue weighted by Gasteiger charge is -2.02. The number of hydrogen-bond donors (Lipinski definition) is 0. The van der Waals surface area contributed by atoms with Crippen LogP contribution >= 0.6 is 39.1 Å². The Hall–Kier alpha value is -0.380. The Morgan fingerprint density at radius 2 is 1.80 bits per heavy atom. The van der Waals surface area contributed by atoms with Crippen LogP contribution in [0.25, 0.3) is 0 Å². The van der Waals surface area contributed by atoms with Crippen molar-refractivity contribution in [2.75, 3.05) is 5.88 Å². The van der Waals surface area contributed by atoms with Crippen LogP contribution in [0.1, 0.15) is 27.1 Å². The van der Waals surface area contributed by atoms with Gasteiger partial charge in [0, 0.05) is 27.9 Å². The van der Waals surface area contributed by atoms with E-state index in [1.807, 2.05) is 0 Å². The van der Waals surface area contributed by atoms with Gasteiger partial charge in [0.05, 0.1) is 0 Å². The van der Waals surface area contributed by atoms with Crippen LogP contribution in [0.3, 0.4) is 0 Å². The molecule has 0 aliphatic heterocycles. The van der Waals surface area contributed by atoms with Gasteiger partial charge in [-0.3, -0.25) is 9.59 Å². The highest BCUT2D eigenvalue weighted by Crippen LogP contribution is 2.18. The summed E-state index contributed by atoms with van der Waals surface area (Å²) in [6.45, 7) is 0. The zero-order valence-electron chi connectivity index (χ0n) is 7.60. The molecule has 0 aliphatic rings. The summed E-state index contributed by atoms with van der Waals surface area (Å²) >= 11 is 14.0. The molecule has 0 fully saturated rings. The Labute approximate surface area is 106 Å². The molecule has 0 N–H and O–H groups in total. The van der Waals surface area contributed by atoms with Crippen molar-refractivity contribution >= 4 is 50.2 Å². The van der Waals surface area contributed by atoms with Crippen LogP contribution in [-0.2, 0) is 0 Å². The first-order valence-corrected chi connectivity index (χ1v) is 5.84. The molecule has 1 rings (SSSR count). The summed E-state index contributed by atoms with van der Waals surface area (Å²) in [5.74, 6) is 0.153. The SMILES string of the molecule is O=C(Cl)c1cc(Br)cc(C(=O)CCCl)c1. The minimum atomic E-state index is -0.587. The number of hydrogen-bond acceptors (Lipinski definition) is 2. The van der Waals surface area contributed by atoms with E-state index in [4.69, 9.17) is 23.2 Å². The third-order valence-corrected chi connectivity index (χ3v) is 2.63. The Bertz CT molecular complexity index is 404. The topological polar surface area (TPSA) is 34.1 Å². The molecule has 0 bridgehead atoms. The number of ketones is 1. The summed E-state index contributed by atoms with van der Waals surface area (Å²) in [4.78, 5) is 22.4. The predicted octanol–water partition coefficient (Wildman–Crippen LogP) is 3.64. The smallest absolute Gasteiger partial charge is 0.252 e. The van der Waals surface area contributed by atoms with Crippen molar-refractivity contribution in [3.63, 3.8) is 0 Å². The van der Waals surface area contributed by atoms with E-state index in [1.165, 1.54) is 6.07 Å². The zero-order valence-corrected chi connectivity index (χ0v) is 10.7. The Morgan fingerprint density at radius 3 is 2.33 bits per heavy atom. The van der Waals surface area contributed by atoms with E-state index in [-0.39, 0.29) is 18.1 Å². The van der Waals surface area contributed by atoms with Crippen molar-refractivity contribution < 1.29 is 9.59 Å². The van der Waals surface area contributed by atoms with Gasteiger partial charge in [-0.05, 0) is 29.8 Å². The number of carbonyl (C=O) groups is 2.